The molecule has 1 fully saturated rings. The van der Waals surface area contributed by atoms with E-state index in [9.17, 15) is 4.79 Å². The molecule has 23 heavy (non-hydrogen) atoms. The molecule has 0 radical (unpaired) electrons. The lowest BCUT2D eigenvalue weighted by Gasteiger charge is -2.43. The Hall–Kier alpha value is -2.21. The van der Waals surface area contributed by atoms with Gasteiger partial charge in [0, 0.05) is 16.9 Å². The Bertz CT molecular complexity index is 885. The third-order valence-electron chi connectivity index (χ3n) is 4.49. The molecule has 4 rings (SSSR count). The van der Waals surface area contributed by atoms with Crippen molar-refractivity contribution in [3.05, 3.63) is 64.8 Å². The van der Waals surface area contributed by atoms with Crippen molar-refractivity contribution < 1.29 is 4.79 Å². The predicted molar refractivity (Wildman–Crippen MR) is 90.1 cm³/mol. The van der Waals surface area contributed by atoms with Gasteiger partial charge in [-0.1, -0.05) is 28.1 Å². The Labute approximate surface area is 141 Å². The molecule has 1 N–H and O–H groups in total. The van der Waals surface area contributed by atoms with Crippen LogP contribution in [0.15, 0.2) is 53.5 Å². The third kappa shape index (κ3) is 2.43. The van der Waals surface area contributed by atoms with Gasteiger partial charge in [-0.2, -0.15) is 0 Å². The van der Waals surface area contributed by atoms with E-state index in [1.807, 2.05) is 12.1 Å². The van der Waals surface area contributed by atoms with Crippen molar-refractivity contribution in [3.63, 3.8) is 0 Å². The Morgan fingerprint density at radius 3 is 2.91 bits per heavy atom. The van der Waals surface area contributed by atoms with Gasteiger partial charge in [0.05, 0.1) is 17.9 Å². The summed E-state index contributed by atoms with van der Waals surface area (Å²) < 4.78 is 2.78. The van der Waals surface area contributed by atoms with Crippen molar-refractivity contribution in [3.8, 4) is 0 Å². The molecule has 0 spiro atoms. The number of hydrogen-bond acceptors (Lipinski definition) is 3. The first kappa shape index (κ1) is 14.4. The molecule has 1 saturated carbocycles. The lowest BCUT2D eigenvalue weighted by molar-refractivity contribution is 0.0817. The number of nitrogens with one attached hydrogen (secondary N) is 1. The third-order valence-corrected chi connectivity index (χ3v) is 4.98. The normalized spacial score (nSPS) is 16.0. The number of benzene rings is 1. The maximum atomic E-state index is 12.8. The minimum Gasteiger partial charge on any atom is -0.341 e. The predicted octanol–water partition coefficient (Wildman–Crippen LogP) is 3.30. The van der Waals surface area contributed by atoms with Gasteiger partial charge < -0.3 is 5.32 Å². The fourth-order valence-electron chi connectivity index (χ4n) is 3.09. The minimum atomic E-state index is -0.280. The Morgan fingerprint density at radius 1 is 1.30 bits per heavy atom. The Morgan fingerprint density at radius 2 is 2.17 bits per heavy atom. The maximum Gasteiger partial charge on any atom is 0.270 e. The van der Waals surface area contributed by atoms with Crippen LogP contribution in [0.2, 0.25) is 0 Å². The highest BCUT2D eigenvalue weighted by Crippen LogP contribution is 2.42. The van der Waals surface area contributed by atoms with Gasteiger partial charge in [-0.25, -0.2) is 4.98 Å². The maximum absolute atomic E-state index is 12.8. The molecule has 1 aliphatic carbocycles. The van der Waals surface area contributed by atoms with Crippen molar-refractivity contribution in [2.45, 2.75) is 24.8 Å². The van der Waals surface area contributed by atoms with Crippen molar-refractivity contribution in [1.82, 2.24) is 19.7 Å². The van der Waals surface area contributed by atoms with Crippen LogP contribution in [0.25, 0.3) is 5.65 Å². The molecule has 1 amide bonds. The van der Waals surface area contributed by atoms with E-state index in [0.717, 1.165) is 29.3 Å². The van der Waals surface area contributed by atoms with E-state index in [1.165, 1.54) is 0 Å². The topological polar surface area (TPSA) is 59.3 Å². The molecule has 0 bridgehead atoms. The lowest BCUT2D eigenvalue weighted by atomic mass is 9.71. The van der Waals surface area contributed by atoms with Gasteiger partial charge in [-0.15, -0.1) is 0 Å². The van der Waals surface area contributed by atoms with Crippen molar-refractivity contribution >= 4 is 27.5 Å². The minimum absolute atomic E-state index is 0.108. The zero-order valence-electron chi connectivity index (χ0n) is 12.4. The monoisotopic (exact) mass is 370 g/mol. The summed E-state index contributed by atoms with van der Waals surface area (Å²) in [4.78, 5) is 21.0. The number of carbonyl (C=O) groups is 1. The number of rotatable bonds is 3. The SMILES string of the molecule is O=C(NC1(c2cccc(Br)c2)CCC1)c1cnc2cnccn12. The fourth-order valence-corrected chi connectivity index (χ4v) is 3.49. The van der Waals surface area contributed by atoms with Crippen LogP contribution in [0, 0.1) is 0 Å². The Kier molecular flexibility index (Phi) is 3.41. The van der Waals surface area contributed by atoms with Crippen LogP contribution in [0.3, 0.4) is 0 Å². The Balaban J connectivity index is 1.67. The summed E-state index contributed by atoms with van der Waals surface area (Å²) in [7, 11) is 0. The largest absolute Gasteiger partial charge is 0.341 e. The molecule has 1 aromatic carbocycles. The molecular weight excluding hydrogens is 356 g/mol. The molecule has 2 aromatic heterocycles. The van der Waals surface area contributed by atoms with E-state index in [2.05, 4.69) is 43.3 Å². The molecule has 3 aromatic rings. The number of imidazole rings is 1. The molecule has 0 atom stereocenters. The van der Waals surface area contributed by atoms with Gasteiger partial charge in [0.1, 0.15) is 5.69 Å². The molecule has 1 aliphatic rings. The van der Waals surface area contributed by atoms with E-state index in [4.69, 9.17) is 0 Å². The summed E-state index contributed by atoms with van der Waals surface area (Å²) in [5, 5.41) is 3.23. The standard InChI is InChI=1S/C17H15BrN4O/c18-13-4-1-3-12(9-13)17(5-2-6-17)21-16(23)14-10-20-15-11-19-7-8-22(14)15/h1,3-4,7-11H,2,5-6H2,(H,21,23). The summed E-state index contributed by atoms with van der Waals surface area (Å²) in [6.45, 7) is 0. The number of carbonyl (C=O) groups excluding carboxylic acids is 1. The molecule has 6 heteroatoms. The molecule has 2 heterocycles. The molecule has 0 aliphatic heterocycles. The second kappa shape index (κ2) is 5.45. The van der Waals surface area contributed by atoms with E-state index < -0.39 is 0 Å². The van der Waals surface area contributed by atoms with Gasteiger partial charge >= 0.3 is 0 Å². The van der Waals surface area contributed by atoms with Crippen molar-refractivity contribution in [1.29, 1.82) is 0 Å². The van der Waals surface area contributed by atoms with E-state index in [1.54, 1.807) is 29.2 Å². The number of nitrogens with zero attached hydrogens (tertiary/aromatic N) is 3. The summed E-state index contributed by atoms with van der Waals surface area (Å²) in [5.74, 6) is -0.108. The zero-order valence-corrected chi connectivity index (χ0v) is 14.0. The highest BCUT2D eigenvalue weighted by Gasteiger charge is 2.40. The number of amides is 1. The van der Waals surface area contributed by atoms with Gasteiger partial charge in [0.15, 0.2) is 5.65 Å². The second-order valence-corrected chi connectivity index (χ2v) is 6.76. The molecule has 0 saturated heterocycles. The number of fused-ring (bicyclic) bond motifs is 1. The zero-order chi connectivity index (χ0) is 15.9. The first-order valence-electron chi connectivity index (χ1n) is 7.54. The van der Waals surface area contributed by atoms with Gasteiger partial charge in [0.25, 0.3) is 5.91 Å². The van der Waals surface area contributed by atoms with Gasteiger partial charge in [-0.05, 0) is 37.0 Å². The summed E-state index contributed by atoms with van der Waals surface area (Å²) in [6.07, 6.45) is 9.66. The number of halogens is 1. The van der Waals surface area contributed by atoms with Crippen molar-refractivity contribution in [2.24, 2.45) is 0 Å². The average molecular weight is 371 g/mol. The lowest BCUT2D eigenvalue weighted by Crippen LogP contribution is -2.51. The highest BCUT2D eigenvalue weighted by atomic mass is 79.9. The first-order valence-corrected chi connectivity index (χ1v) is 8.33. The highest BCUT2D eigenvalue weighted by molar-refractivity contribution is 9.10. The molecular formula is C17H15BrN4O. The summed E-state index contributed by atoms with van der Waals surface area (Å²) in [5.41, 5.74) is 2.06. The second-order valence-electron chi connectivity index (χ2n) is 5.85. The molecule has 116 valence electrons. The average Bonchev–Trinajstić information content (AvgIpc) is 2.95. The van der Waals surface area contributed by atoms with Gasteiger partial charge in [0.2, 0.25) is 0 Å². The van der Waals surface area contributed by atoms with E-state index in [-0.39, 0.29) is 11.4 Å². The number of hydrogen-bond donors (Lipinski definition) is 1. The van der Waals surface area contributed by atoms with Crippen LogP contribution in [0.5, 0.6) is 0 Å². The quantitative estimate of drug-likeness (QED) is 0.769. The van der Waals surface area contributed by atoms with Crippen LogP contribution in [0.4, 0.5) is 0 Å². The van der Waals surface area contributed by atoms with Gasteiger partial charge in [-0.3, -0.25) is 14.2 Å². The summed E-state index contributed by atoms with van der Waals surface area (Å²) >= 11 is 3.51. The van der Waals surface area contributed by atoms with E-state index >= 15 is 0 Å². The van der Waals surface area contributed by atoms with Crippen LogP contribution < -0.4 is 5.32 Å². The van der Waals surface area contributed by atoms with Crippen LogP contribution >= 0.6 is 15.9 Å². The number of aromatic nitrogens is 3. The smallest absolute Gasteiger partial charge is 0.270 e. The van der Waals surface area contributed by atoms with Crippen molar-refractivity contribution in [2.75, 3.05) is 0 Å². The van der Waals surface area contributed by atoms with Crippen LogP contribution in [-0.2, 0) is 5.54 Å². The fraction of sp³-hybridized carbons (Fsp3) is 0.235. The summed E-state index contributed by atoms with van der Waals surface area (Å²) in [6, 6.07) is 8.15. The van der Waals surface area contributed by atoms with E-state index in [0.29, 0.717) is 11.3 Å². The van der Waals surface area contributed by atoms with Crippen LogP contribution in [-0.4, -0.2) is 20.3 Å². The molecule has 0 unspecified atom stereocenters. The van der Waals surface area contributed by atoms with Crippen LogP contribution in [0.1, 0.15) is 35.3 Å². The molecule has 5 nitrogen and oxygen atoms in total. The first-order chi connectivity index (χ1) is 11.2.